The molecule has 1 aromatic rings. The molecule has 0 heterocycles. The number of primary amides is 1. The summed E-state index contributed by atoms with van der Waals surface area (Å²) in [6.45, 7) is 4.16. The molecule has 10 nitrogen and oxygen atoms in total. The molecule has 196 valence electrons. The summed E-state index contributed by atoms with van der Waals surface area (Å²) < 4.78 is 5.85. The van der Waals surface area contributed by atoms with E-state index in [0.717, 1.165) is 12.8 Å². The van der Waals surface area contributed by atoms with Crippen LogP contribution in [0, 0.1) is 17.8 Å². The van der Waals surface area contributed by atoms with E-state index in [4.69, 9.17) is 10.5 Å². The number of hydrogen-bond acceptors (Lipinski definition) is 9. The molecule has 4 rings (SSSR count). The van der Waals surface area contributed by atoms with Crippen LogP contribution < -0.4 is 10.5 Å². The molecule has 8 atom stereocenters. The highest BCUT2D eigenvalue weighted by Gasteiger charge is 2.69. The Balaban J connectivity index is 1.94. The van der Waals surface area contributed by atoms with Crippen molar-refractivity contribution in [1.29, 1.82) is 0 Å². The van der Waals surface area contributed by atoms with Gasteiger partial charge in [0.1, 0.15) is 17.4 Å². The van der Waals surface area contributed by atoms with E-state index < -0.39 is 70.8 Å². The highest BCUT2D eigenvalue weighted by atomic mass is 16.5. The Bertz CT molecular complexity index is 1130. The fourth-order valence-electron chi connectivity index (χ4n) is 6.37. The van der Waals surface area contributed by atoms with E-state index in [1.54, 1.807) is 39.2 Å². The molecule has 1 amide bonds. The van der Waals surface area contributed by atoms with Gasteiger partial charge in [0, 0.05) is 23.5 Å². The minimum atomic E-state index is -2.80. The fourth-order valence-corrected chi connectivity index (χ4v) is 6.37. The van der Waals surface area contributed by atoms with Crippen LogP contribution in [0.4, 0.5) is 0 Å². The van der Waals surface area contributed by atoms with Crippen LogP contribution >= 0.6 is 0 Å². The number of aliphatic hydroxyl groups is 4. The highest BCUT2D eigenvalue weighted by molar-refractivity contribution is 6.16. The van der Waals surface area contributed by atoms with Crippen LogP contribution in [-0.4, -0.2) is 87.4 Å². The Morgan fingerprint density at radius 2 is 1.86 bits per heavy atom. The number of aliphatic hydroxyl groups excluding tert-OH is 3. The molecule has 0 spiro atoms. The summed E-state index contributed by atoms with van der Waals surface area (Å²) in [7, 11) is 3.10. The molecular weight excluding hydrogens is 468 g/mol. The minimum Gasteiger partial charge on any atom is -0.508 e. The number of fused-ring (bicyclic) bond motifs is 3. The van der Waals surface area contributed by atoms with Crippen molar-refractivity contribution in [2.75, 3.05) is 20.7 Å². The zero-order valence-electron chi connectivity index (χ0n) is 20.8. The number of hydrogen-bond donors (Lipinski definition) is 5. The van der Waals surface area contributed by atoms with Crippen LogP contribution in [0.1, 0.15) is 48.5 Å². The molecule has 0 bridgehead atoms. The van der Waals surface area contributed by atoms with E-state index in [1.165, 1.54) is 4.90 Å². The third-order valence-electron chi connectivity index (χ3n) is 8.10. The molecule has 1 saturated carbocycles. The number of nitrogens with two attached hydrogens (primary N) is 1. The maximum absolute atomic E-state index is 13.8. The van der Waals surface area contributed by atoms with E-state index in [9.17, 15) is 34.8 Å². The van der Waals surface area contributed by atoms with Crippen LogP contribution in [0.5, 0.6) is 5.75 Å². The Labute approximate surface area is 209 Å². The van der Waals surface area contributed by atoms with E-state index in [1.807, 2.05) is 6.92 Å². The first kappa shape index (κ1) is 26.3. The van der Waals surface area contributed by atoms with Crippen LogP contribution in [0.3, 0.4) is 0 Å². The first-order chi connectivity index (χ1) is 16.9. The second-order valence-corrected chi connectivity index (χ2v) is 10.3. The topological polar surface area (TPSA) is 171 Å². The molecule has 1 aromatic carbocycles. The van der Waals surface area contributed by atoms with Crippen molar-refractivity contribution in [3.63, 3.8) is 0 Å². The first-order valence-corrected chi connectivity index (χ1v) is 12.2. The van der Waals surface area contributed by atoms with Gasteiger partial charge in [0.15, 0.2) is 17.2 Å². The number of carbonyl (C=O) groups excluding carboxylic acids is 3. The minimum absolute atomic E-state index is 0.201. The number of Topliss-reactive ketones (excluding diaryl/α,β-unsaturated/α-hetero) is 2. The predicted octanol–water partition coefficient (Wildman–Crippen LogP) is 0.291. The number of rotatable bonds is 6. The molecule has 36 heavy (non-hydrogen) atoms. The summed E-state index contributed by atoms with van der Waals surface area (Å²) in [6.07, 6.45) is -1.51. The Hall–Kier alpha value is -2.79. The highest BCUT2D eigenvalue weighted by Crippen LogP contribution is 2.55. The standard InChI is InChI=1S/C26H34N2O8/c1-5-6-10-36-13-9-7-8-12-11(2)14-16(20(29)15(12)13)23(32)26(35)18(21(14)30)19(28(3)4)22(31)17(24(26)33)25(27)34/h7-9,11,14,17-19,21-22,30-32,35H,5-6,10H2,1-4H3,(H2,27,34)/t11-,14+,17?,18+,19-,21-,22?,26-/m0/s1. The molecule has 10 heteroatoms. The number of ether oxygens (including phenoxy) is 1. The zero-order chi connectivity index (χ0) is 26.7. The summed E-state index contributed by atoms with van der Waals surface area (Å²) in [4.78, 5) is 40.9. The van der Waals surface area contributed by atoms with Gasteiger partial charge in [0.25, 0.3) is 0 Å². The van der Waals surface area contributed by atoms with Gasteiger partial charge < -0.3 is 35.8 Å². The average molecular weight is 503 g/mol. The third-order valence-corrected chi connectivity index (χ3v) is 8.10. The van der Waals surface area contributed by atoms with Gasteiger partial charge in [-0.25, -0.2) is 0 Å². The Morgan fingerprint density at radius 1 is 1.19 bits per heavy atom. The molecule has 0 aliphatic heterocycles. The largest absolute Gasteiger partial charge is 0.508 e. The second kappa shape index (κ2) is 9.26. The maximum Gasteiger partial charge on any atom is 0.230 e. The number of nitrogens with zero attached hydrogens (tertiary/aromatic N) is 1. The van der Waals surface area contributed by atoms with Gasteiger partial charge in [-0.1, -0.05) is 32.4 Å². The lowest BCUT2D eigenvalue weighted by molar-refractivity contribution is -0.194. The number of carbonyl (C=O) groups is 3. The maximum atomic E-state index is 13.8. The molecule has 1 fully saturated rings. The number of unbranched alkanes of at least 4 members (excludes halogenated alkanes) is 1. The summed E-state index contributed by atoms with van der Waals surface area (Å²) >= 11 is 0. The Morgan fingerprint density at radius 3 is 2.44 bits per heavy atom. The van der Waals surface area contributed by atoms with Gasteiger partial charge in [-0.15, -0.1) is 0 Å². The van der Waals surface area contributed by atoms with Crippen molar-refractivity contribution in [2.45, 2.75) is 56.5 Å². The van der Waals surface area contributed by atoms with Crippen molar-refractivity contribution in [3.8, 4) is 5.75 Å². The number of amides is 1. The van der Waals surface area contributed by atoms with Crippen molar-refractivity contribution in [2.24, 2.45) is 23.5 Å². The van der Waals surface area contributed by atoms with Crippen LogP contribution in [0.2, 0.25) is 0 Å². The van der Waals surface area contributed by atoms with Crippen LogP contribution in [0.15, 0.2) is 29.5 Å². The van der Waals surface area contributed by atoms with Gasteiger partial charge in [0.05, 0.1) is 24.4 Å². The summed E-state index contributed by atoms with van der Waals surface area (Å²) in [6, 6.07) is 4.01. The number of benzene rings is 1. The second-order valence-electron chi connectivity index (χ2n) is 10.3. The molecular formula is C26H34N2O8. The van der Waals surface area contributed by atoms with Crippen molar-refractivity contribution in [3.05, 3.63) is 40.7 Å². The molecule has 3 aliphatic carbocycles. The molecule has 6 N–H and O–H groups in total. The molecule has 0 radical (unpaired) electrons. The smallest absolute Gasteiger partial charge is 0.230 e. The van der Waals surface area contributed by atoms with E-state index in [0.29, 0.717) is 17.9 Å². The van der Waals surface area contributed by atoms with E-state index in [-0.39, 0.29) is 11.1 Å². The SMILES string of the molecule is CCCCOc1cccc2c1C(=O)C1=C(O)[C@]3(O)C(=O)C(C(N)=O)C(O)[C@@H](N(C)C)[C@@H]3[C@@H](O)[C@@H]1[C@H]2C. The molecule has 0 saturated heterocycles. The lowest BCUT2D eigenvalue weighted by Gasteiger charge is -2.56. The summed E-state index contributed by atoms with van der Waals surface area (Å²) in [5, 5.41) is 45.7. The van der Waals surface area contributed by atoms with Crippen molar-refractivity contribution in [1.82, 2.24) is 4.90 Å². The van der Waals surface area contributed by atoms with E-state index >= 15 is 0 Å². The lowest BCUT2D eigenvalue weighted by Crippen LogP contribution is -2.74. The van der Waals surface area contributed by atoms with Crippen molar-refractivity contribution < 1.29 is 39.5 Å². The van der Waals surface area contributed by atoms with Crippen molar-refractivity contribution >= 4 is 17.5 Å². The summed E-state index contributed by atoms with van der Waals surface area (Å²) in [5.41, 5.74) is 3.12. The van der Waals surface area contributed by atoms with Gasteiger partial charge in [-0.3, -0.25) is 14.4 Å². The zero-order valence-corrected chi connectivity index (χ0v) is 20.8. The quantitative estimate of drug-likeness (QED) is 0.271. The van der Waals surface area contributed by atoms with Gasteiger partial charge in [-0.2, -0.15) is 0 Å². The molecule has 2 unspecified atom stereocenters. The lowest BCUT2D eigenvalue weighted by atomic mass is 9.53. The fraction of sp³-hybridized carbons (Fsp3) is 0.577. The normalized spacial score (nSPS) is 35.8. The molecule has 0 aromatic heterocycles. The van der Waals surface area contributed by atoms with Gasteiger partial charge in [-0.05, 0) is 38.1 Å². The van der Waals surface area contributed by atoms with Gasteiger partial charge in [0.2, 0.25) is 5.91 Å². The average Bonchev–Trinajstić information content (AvgIpc) is 2.81. The van der Waals surface area contributed by atoms with Gasteiger partial charge >= 0.3 is 0 Å². The van der Waals surface area contributed by atoms with Crippen LogP contribution in [-0.2, 0) is 9.59 Å². The summed E-state index contributed by atoms with van der Waals surface area (Å²) in [5.74, 6) is -8.45. The first-order valence-electron chi connectivity index (χ1n) is 12.2. The monoisotopic (exact) mass is 502 g/mol. The Kier molecular flexibility index (Phi) is 6.76. The van der Waals surface area contributed by atoms with E-state index in [2.05, 4.69) is 0 Å². The number of ketones is 2. The predicted molar refractivity (Wildman–Crippen MR) is 128 cm³/mol. The number of likely N-dealkylation sites (N-methyl/N-ethyl adjacent to an activating group) is 1. The van der Waals surface area contributed by atoms with Crippen LogP contribution in [0.25, 0.3) is 0 Å². The third kappa shape index (κ3) is 3.50. The molecule has 3 aliphatic rings.